The number of hydrogen-bond donors (Lipinski definition) is 1. The highest BCUT2D eigenvalue weighted by Gasteiger charge is 2.30. The zero-order valence-electron chi connectivity index (χ0n) is 13.0. The summed E-state index contributed by atoms with van der Waals surface area (Å²) in [6.07, 6.45) is 5.15. The minimum absolute atomic E-state index is 0.332. The van der Waals surface area contributed by atoms with Crippen LogP contribution in [0.4, 0.5) is 0 Å². The van der Waals surface area contributed by atoms with Crippen LogP contribution in [0.2, 0.25) is 0 Å². The Kier molecular flexibility index (Phi) is 5.62. The van der Waals surface area contributed by atoms with Crippen molar-refractivity contribution in [2.24, 2.45) is 17.0 Å². The lowest BCUT2D eigenvalue weighted by Crippen LogP contribution is -2.47. The van der Waals surface area contributed by atoms with Gasteiger partial charge in [-0.15, -0.1) is 0 Å². The molecule has 2 heterocycles. The average Bonchev–Trinajstić information content (AvgIpc) is 2.46. The van der Waals surface area contributed by atoms with Gasteiger partial charge in [-0.2, -0.15) is 0 Å². The molecular weight excluding hydrogens is 290 g/mol. The first-order valence-corrected chi connectivity index (χ1v) is 9.67. The Morgan fingerprint density at radius 3 is 2.71 bits per heavy atom. The molecule has 0 aromatic carbocycles. The van der Waals surface area contributed by atoms with Crippen LogP contribution in [0.3, 0.4) is 0 Å². The van der Waals surface area contributed by atoms with Crippen molar-refractivity contribution in [2.45, 2.75) is 32.6 Å². The molecule has 1 N–H and O–H groups in total. The first-order chi connectivity index (χ1) is 9.94. The highest BCUT2D eigenvalue weighted by molar-refractivity contribution is 7.88. The van der Waals surface area contributed by atoms with Crippen molar-refractivity contribution in [1.29, 1.82) is 0 Å². The van der Waals surface area contributed by atoms with Gasteiger partial charge in [0, 0.05) is 45.1 Å². The molecule has 2 aliphatic rings. The van der Waals surface area contributed by atoms with Crippen molar-refractivity contribution in [3.63, 3.8) is 0 Å². The fraction of sp³-hybridized carbons (Fsp3) is 0.929. The first kappa shape index (κ1) is 16.7. The first-order valence-electron chi connectivity index (χ1n) is 7.82. The molecule has 0 aromatic heterocycles. The van der Waals surface area contributed by atoms with Crippen LogP contribution in [-0.4, -0.2) is 67.5 Å². The second-order valence-corrected chi connectivity index (χ2v) is 8.32. The molecule has 2 atom stereocenters. The van der Waals surface area contributed by atoms with Gasteiger partial charge in [0.15, 0.2) is 0 Å². The highest BCUT2D eigenvalue weighted by atomic mass is 32.2. The average molecular weight is 317 g/mol. The largest absolute Gasteiger partial charge is 0.411 e. The zero-order chi connectivity index (χ0) is 15.5. The molecule has 0 spiro atoms. The van der Waals surface area contributed by atoms with Crippen molar-refractivity contribution in [3.8, 4) is 0 Å². The molecule has 0 bridgehead atoms. The fourth-order valence-electron chi connectivity index (χ4n) is 3.49. The van der Waals surface area contributed by atoms with Crippen LogP contribution < -0.4 is 0 Å². The van der Waals surface area contributed by atoms with Gasteiger partial charge in [0.25, 0.3) is 0 Å². The minimum atomic E-state index is -3.07. The summed E-state index contributed by atoms with van der Waals surface area (Å²) in [5, 5.41) is 12.4. The summed E-state index contributed by atoms with van der Waals surface area (Å²) in [5.74, 6) is 0.747. The van der Waals surface area contributed by atoms with Crippen molar-refractivity contribution < 1.29 is 13.6 Å². The molecule has 122 valence electrons. The van der Waals surface area contributed by atoms with E-state index < -0.39 is 10.0 Å². The summed E-state index contributed by atoms with van der Waals surface area (Å²) in [4.78, 5) is 2.40. The summed E-state index contributed by atoms with van der Waals surface area (Å²) in [6.45, 7) is 6.20. The maximum absolute atomic E-state index is 11.7. The van der Waals surface area contributed by atoms with E-state index in [1.165, 1.54) is 6.26 Å². The lowest BCUT2D eigenvalue weighted by atomic mass is 9.91. The van der Waals surface area contributed by atoms with Crippen molar-refractivity contribution in [2.75, 3.05) is 39.0 Å². The van der Waals surface area contributed by atoms with E-state index in [-0.39, 0.29) is 0 Å². The number of nitrogens with zero attached hydrogens (tertiary/aromatic N) is 3. The Bertz CT molecular complexity index is 478. The van der Waals surface area contributed by atoms with Crippen LogP contribution in [0.15, 0.2) is 5.16 Å². The third-order valence-electron chi connectivity index (χ3n) is 4.72. The third kappa shape index (κ3) is 4.40. The molecule has 2 unspecified atom stereocenters. The number of hydrogen-bond acceptors (Lipinski definition) is 5. The monoisotopic (exact) mass is 317 g/mol. The van der Waals surface area contributed by atoms with Gasteiger partial charge >= 0.3 is 0 Å². The normalized spacial score (nSPS) is 31.6. The highest BCUT2D eigenvalue weighted by Crippen LogP contribution is 2.23. The van der Waals surface area contributed by atoms with Gasteiger partial charge in [0.2, 0.25) is 10.0 Å². The van der Waals surface area contributed by atoms with E-state index in [1.807, 2.05) is 0 Å². The van der Waals surface area contributed by atoms with Crippen LogP contribution >= 0.6 is 0 Å². The van der Waals surface area contributed by atoms with E-state index >= 15 is 0 Å². The summed E-state index contributed by atoms with van der Waals surface area (Å²) in [6, 6.07) is 0. The van der Waals surface area contributed by atoms with Crippen LogP contribution in [-0.2, 0) is 10.0 Å². The smallest absolute Gasteiger partial charge is 0.211 e. The van der Waals surface area contributed by atoms with Crippen LogP contribution in [0.25, 0.3) is 0 Å². The Balaban J connectivity index is 1.90. The van der Waals surface area contributed by atoms with Gasteiger partial charge in [-0.05, 0) is 25.2 Å². The van der Waals surface area contributed by atoms with Gasteiger partial charge in [0.05, 0.1) is 12.0 Å². The molecule has 0 saturated carbocycles. The molecule has 21 heavy (non-hydrogen) atoms. The second-order valence-electron chi connectivity index (χ2n) is 6.34. The van der Waals surface area contributed by atoms with Gasteiger partial charge < -0.3 is 10.1 Å². The number of likely N-dealkylation sites (tertiary alicyclic amines) is 1. The SMILES string of the molecule is CCC1CN(CC2CCCN(S(C)(=O)=O)C2)CCC1=NO. The van der Waals surface area contributed by atoms with E-state index in [0.29, 0.717) is 24.9 Å². The summed E-state index contributed by atoms with van der Waals surface area (Å²) < 4.78 is 25.0. The molecule has 7 heteroatoms. The van der Waals surface area contributed by atoms with Crippen molar-refractivity contribution in [1.82, 2.24) is 9.21 Å². The number of sulfonamides is 1. The molecule has 0 amide bonds. The van der Waals surface area contributed by atoms with Gasteiger partial charge in [-0.1, -0.05) is 12.1 Å². The fourth-order valence-corrected chi connectivity index (χ4v) is 4.43. The molecule has 2 fully saturated rings. The number of piperidine rings is 2. The predicted molar refractivity (Wildman–Crippen MR) is 83.2 cm³/mol. The summed E-state index contributed by atoms with van der Waals surface area (Å²) in [7, 11) is -3.07. The molecule has 0 aromatic rings. The lowest BCUT2D eigenvalue weighted by Gasteiger charge is -2.38. The second kappa shape index (κ2) is 7.07. The summed E-state index contributed by atoms with van der Waals surface area (Å²) >= 11 is 0. The Hall–Kier alpha value is -0.660. The van der Waals surface area contributed by atoms with Gasteiger partial charge in [0.1, 0.15) is 0 Å². The third-order valence-corrected chi connectivity index (χ3v) is 5.99. The van der Waals surface area contributed by atoms with Crippen LogP contribution in [0, 0.1) is 11.8 Å². The minimum Gasteiger partial charge on any atom is -0.411 e. The standard InChI is InChI=1S/C14H27N3O3S/c1-3-13-11-16(8-6-14(13)15-18)9-12-5-4-7-17(10-12)21(2,19)20/h12-13,18H,3-11H2,1-2H3. The Labute approximate surface area is 127 Å². The number of oxime groups is 1. The maximum atomic E-state index is 11.7. The van der Waals surface area contributed by atoms with Gasteiger partial charge in [-0.3, -0.25) is 0 Å². The molecule has 0 aliphatic carbocycles. The molecule has 2 rings (SSSR count). The van der Waals surface area contributed by atoms with Crippen LogP contribution in [0.5, 0.6) is 0 Å². The zero-order valence-corrected chi connectivity index (χ0v) is 13.8. The Morgan fingerprint density at radius 2 is 2.10 bits per heavy atom. The van der Waals surface area contributed by atoms with E-state index in [9.17, 15) is 8.42 Å². The number of rotatable bonds is 4. The van der Waals surface area contributed by atoms with Crippen molar-refractivity contribution >= 4 is 15.7 Å². The van der Waals surface area contributed by atoms with Crippen molar-refractivity contribution in [3.05, 3.63) is 0 Å². The van der Waals surface area contributed by atoms with E-state index in [0.717, 1.165) is 51.0 Å². The van der Waals surface area contributed by atoms with Gasteiger partial charge in [-0.25, -0.2) is 12.7 Å². The quantitative estimate of drug-likeness (QED) is 0.625. The summed E-state index contributed by atoms with van der Waals surface area (Å²) in [5.41, 5.74) is 0.912. The van der Waals surface area contributed by atoms with Crippen LogP contribution in [0.1, 0.15) is 32.6 Å². The lowest BCUT2D eigenvalue weighted by molar-refractivity contribution is 0.160. The molecule has 2 aliphatic heterocycles. The van der Waals surface area contributed by atoms with E-state index in [4.69, 9.17) is 5.21 Å². The molecule has 2 saturated heterocycles. The predicted octanol–water partition coefficient (Wildman–Crippen LogP) is 1.22. The van der Waals surface area contributed by atoms with E-state index in [1.54, 1.807) is 4.31 Å². The Morgan fingerprint density at radius 1 is 1.33 bits per heavy atom. The molecule has 0 radical (unpaired) electrons. The topological polar surface area (TPSA) is 73.2 Å². The molecule has 6 nitrogen and oxygen atoms in total. The maximum Gasteiger partial charge on any atom is 0.211 e. The molecular formula is C14H27N3O3S. The van der Waals surface area contributed by atoms with E-state index in [2.05, 4.69) is 17.0 Å².